The summed E-state index contributed by atoms with van der Waals surface area (Å²) in [6, 6.07) is 8.71. The summed E-state index contributed by atoms with van der Waals surface area (Å²) in [4.78, 5) is 8.93. The highest BCUT2D eigenvalue weighted by molar-refractivity contribution is 7.89. The van der Waals surface area contributed by atoms with Crippen molar-refractivity contribution >= 4 is 15.8 Å². The van der Waals surface area contributed by atoms with Crippen LogP contribution in [0, 0.1) is 0 Å². The van der Waals surface area contributed by atoms with Crippen molar-refractivity contribution in [3.05, 3.63) is 48.9 Å². The van der Waals surface area contributed by atoms with Crippen LogP contribution in [0.15, 0.2) is 53.8 Å². The molecule has 2 aromatic heterocycles. The van der Waals surface area contributed by atoms with Gasteiger partial charge >= 0.3 is 0 Å². The van der Waals surface area contributed by atoms with Gasteiger partial charge < -0.3 is 4.74 Å². The van der Waals surface area contributed by atoms with E-state index in [1.165, 1.54) is 4.31 Å². The van der Waals surface area contributed by atoms with Gasteiger partial charge in [0.1, 0.15) is 0 Å². The summed E-state index contributed by atoms with van der Waals surface area (Å²) in [5, 5.41) is 0. The van der Waals surface area contributed by atoms with Gasteiger partial charge in [0, 0.05) is 37.2 Å². The largest absolute Gasteiger partial charge is 0.373 e. The van der Waals surface area contributed by atoms with Gasteiger partial charge in [0.25, 0.3) is 0 Å². The first-order chi connectivity index (χ1) is 12.4. The smallest absolute Gasteiger partial charge is 0.243 e. The summed E-state index contributed by atoms with van der Waals surface area (Å²) in [5.41, 5.74) is 1.43. The number of imidazole rings is 1. The summed E-state index contributed by atoms with van der Waals surface area (Å²) in [6.07, 6.45) is 5.12. The van der Waals surface area contributed by atoms with Gasteiger partial charge in [-0.3, -0.25) is 4.40 Å². The van der Waals surface area contributed by atoms with Crippen LogP contribution in [0.2, 0.25) is 0 Å². The Morgan fingerprint density at radius 2 is 1.92 bits per heavy atom. The topological polar surface area (TPSA) is 76.8 Å². The van der Waals surface area contributed by atoms with Crippen LogP contribution in [-0.4, -0.2) is 52.4 Å². The Morgan fingerprint density at radius 1 is 1.15 bits per heavy atom. The van der Waals surface area contributed by atoms with Gasteiger partial charge in [-0.15, -0.1) is 0 Å². The first kappa shape index (κ1) is 17.1. The Labute approximate surface area is 152 Å². The van der Waals surface area contributed by atoms with E-state index < -0.39 is 10.0 Å². The number of nitrogens with zero attached hydrogens (tertiary/aromatic N) is 4. The highest BCUT2D eigenvalue weighted by Gasteiger charge is 2.32. The van der Waals surface area contributed by atoms with E-state index in [1.54, 1.807) is 24.4 Å². The van der Waals surface area contributed by atoms with E-state index in [2.05, 4.69) is 9.97 Å². The quantitative estimate of drug-likeness (QED) is 0.704. The molecule has 0 amide bonds. The minimum atomic E-state index is -3.59. The number of morpholine rings is 1. The lowest BCUT2D eigenvalue weighted by molar-refractivity contribution is -0.0440. The molecule has 2 atom stereocenters. The average molecular weight is 372 g/mol. The molecule has 3 aromatic rings. The van der Waals surface area contributed by atoms with Crippen LogP contribution in [0.5, 0.6) is 0 Å². The summed E-state index contributed by atoms with van der Waals surface area (Å²) in [6.45, 7) is 4.49. The molecule has 1 saturated heterocycles. The molecule has 8 heteroatoms. The molecule has 0 saturated carbocycles. The highest BCUT2D eigenvalue weighted by Crippen LogP contribution is 2.25. The van der Waals surface area contributed by atoms with E-state index in [0.29, 0.717) is 24.6 Å². The molecule has 7 nitrogen and oxygen atoms in total. The third-order valence-corrected chi connectivity index (χ3v) is 6.22. The van der Waals surface area contributed by atoms with E-state index in [-0.39, 0.29) is 17.1 Å². The van der Waals surface area contributed by atoms with Crippen molar-refractivity contribution < 1.29 is 13.2 Å². The zero-order chi connectivity index (χ0) is 18.3. The normalized spacial score (nSPS) is 21.9. The number of fused-ring (bicyclic) bond motifs is 1. The molecule has 1 fully saturated rings. The number of hydrogen-bond donors (Lipinski definition) is 0. The van der Waals surface area contributed by atoms with E-state index in [9.17, 15) is 8.42 Å². The summed E-state index contributed by atoms with van der Waals surface area (Å²) in [7, 11) is -3.59. The van der Waals surface area contributed by atoms with E-state index in [0.717, 1.165) is 5.56 Å². The molecule has 3 heterocycles. The van der Waals surface area contributed by atoms with Crippen LogP contribution in [0.3, 0.4) is 0 Å². The number of aromatic nitrogens is 3. The monoisotopic (exact) mass is 372 g/mol. The van der Waals surface area contributed by atoms with Gasteiger partial charge in [0.05, 0.1) is 22.8 Å². The van der Waals surface area contributed by atoms with Crippen LogP contribution in [0.25, 0.3) is 17.0 Å². The first-order valence-electron chi connectivity index (χ1n) is 8.49. The first-order valence-corrected chi connectivity index (χ1v) is 9.93. The number of benzene rings is 1. The van der Waals surface area contributed by atoms with Gasteiger partial charge in [-0.1, -0.05) is 12.1 Å². The summed E-state index contributed by atoms with van der Waals surface area (Å²) >= 11 is 0. The Hall–Kier alpha value is -2.29. The van der Waals surface area contributed by atoms with Crippen molar-refractivity contribution in [2.45, 2.75) is 31.0 Å². The van der Waals surface area contributed by atoms with E-state index in [1.807, 2.05) is 42.8 Å². The number of hydrogen-bond acceptors (Lipinski definition) is 5. The van der Waals surface area contributed by atoms with Crippen molar-refractivity contribution in [2.75, 3.05) is 13.1 Å². The molecular weight excluding hydrogens is 352 g/mol. The molecule has 136 valence electrons. The second-order valence-electron chi connectivity index (χ2n) is 6.56. The SMILES string of the molecule is CC1CN(S(=O)(=O)c2cccc(-c3cn4cccnc4n3)c2)CC(C)O1. The molecule has 0 bridgehead atoms. The molecule has 26 heavy (non-hydrogen) atoms. The lowest BCUT2D eigenvalue weighted by atomic mass is 10.2. The average Bonchev–Trinajstić information content (AvgIpc) is 3.05. The van der Waals surface area contributed by atoms with Crippen LogP contribution >= 0.6 is 0 Å². The fraction of sp³-hybridized carbons (Fsp3) is 0.333. The van der Waals surface area contributed by atoms with Crippen molar-refractivity contribution in [3.63, 3.8) is 0 Å². The number of sulfonamides is 1. The second kappa shape index (κ2) is 6.46. The zero-order valence-corrected chi connectivity index (χ0v) is 15.4. The van der Waals surface area contributed by atoms with E-state index in [4.69, 9.17) is 4.74 Å². The Balaban J connectivity index is 1.70. The molecule has 0 aliphatic carbocycles. The van der Waals surface area contributed by atoms with E-state index >= 15 is 0 Å². The Bertz CT molecular complexity index is 1000. The van der Waals surface area contributed by atoms with Gasteiger partial charge in [-0.2, -0.15) is 4.31 Å². The van der Waals surface area contributed by atoms with Crippen LogP contribution in [-0.2, 0) is 14.8 Å². The van der Waals surface area contributed by atoms with Crippen molar-refractivity contribution in [3.8, 4) is 11.3 Å². The third-order valence-electron chi connectivity index (χ3n) is 4.39. The minimum Gasteiger partial charge on any atom is -0.373 e. The lowest BCUT2D eigenvalue weighted by Crippen LogP contribution is -2.48. The van der Waals surface area contributed by atoms with Gasteiger partial charge in [0.2, 0.25) is 15.8 Å². The van der Waals surface area contributed by atoms with Crippen molar-refractivity contribution in [1.29, 1.82) is 0 Å². The molecule has 4 rings (SSSR count). The third kappa shape index (κ3) is 3.11. The fourth-order valence-corrected chi connectivity index (χ4v) is 4.90. The molecule has 0 radical (unpaired) electrons. The van der Waals surface area contributed by atoms with Gasteiger partial charge in [0.15, 0.2) is 0 Å². The lowest BCUT2D eigenvalue weighted by Gasteiger charge is -2.34. The van der Waals surface area contributed by atoms with Crippen LogP contribution in [0.4, 0.5) is 0 Å². The van der Waals surface area contributed by atoms with Crippen LogP contribution < -0.4 is 0 Å². The highest BCUT2D eigenvalue weighted by atomic mass is 32.2. The standard InChI is InChI=1S/C18H20N4O3S/c1-13-10-22(11-14(2)25-13)26(23,24)16-6-3-5-15(9-16)17-12-21-8-4-7-19-18(21)20-17/h3-9,12-14H,10-11H2,1-2H3. The second-order valence-corrected chi connectivity index (χ2v) is 8.50. The maximum absolute atomic E-state index is 13.1. The number of ether oxygens (including phenoxy) is 1. The minimum absolute atomic E-state index is 0.124. The van der Waals surface area contributed by atoms with Gasteiger partial charge in [-0.25, -0.2) is 18.4 Å². The van der Waals surface area contributed by atoms with Crippen LogP contribution in [0.1, 0.15) is 13.8 Å². The molecule has 0 N–H and O–H groups in total. The Morgan fingerprint density at radius 3 is 2.65 bits per heavy atom. The van der Waals surface area contributed by atoms with Crippen molar-refractivity contribution in [2.24, 2.45) is 0 Å². The maximum Gasteiger partial charge on any atom is 0.243 e. The predicted molar refractivity (Wildman–Crippen MR) is 97.2 cm³/mol. The van der Waals surface area contributed by atoms with Gasteiger partial charge in [-0.05, 0) is 32.0 Å². The van der Waals surface area contributed by atoms with Crippen molar-refractivity contribution in [1.82, 2.24) is 18.7 Å². The fourth-order valence-electron chi connectivity index (χ4n) is 3.26. The summed E-state index contributed by atoms with van der Waals surface area (Å²) in [5.74, 6) is 0.576. The molecule has 1 aromatic carbocycles. The number of rotatable bonds is 3. The molecule has 2 unspecified atom stereocenters. The Kier molecular flexibility index (Phi) is 4.26. The molecule has 1 aliphatic rings. The zero-order valence-electron chi connectivity index (χ0n) is 14.6. The summed E-state index contributed by atoms with van der Waals surface area (Å²) < 4.78 is 35.1. The molecule has 1 aliphatic heterocycles. The molecule has 0 spiro atoms. The molecular formula is C18H20N4O3S. The maximum atomic E-state index is 13.1. The predicted octanol–water partition coefficient (Wildman–Crippen LogP) is 2.19.